The molecule has 0 spiro atoms. The van der Waals surface area contributed by atoms with Crippen molar-refractivity contribution >= 4 is 130 Å². The molecule has 0 aliphatic heterocycles. The third-order valence-electron chi connectivity index (χ3n) is 22.6. The lowest BCUT2D eigenvalue weighted by Gasteiger charge is -2.18. The van der Waals surface area contributed by atoms with Gasteiger partial charge in [0, 0.05) is 32.7 Å². The number of rotatable bonds is 9. The number of fused-ring (bicyclic) bond motifs is 14. The molecule has 490 valence electrons. The standard InChI is InChI=1S/C104H62O2/c1-2-21-71-57-73(52-39-63(71)19-1)72-24-17-25-77(58-72)100-91-35-13-11-33-89(91)99(90-34-12-14-36-92(90)100)68-46-50-70(51-47-68)102-82-55-53-74(59-78(82)61-94-83-28-15-16-38-95(83)105-103(94)102)75-54-56-84-93-60-76-22-4-6-27-81(76)101(104(93)106-96(84)62-75)69-48-44-67(45-49-69)98-87-31-9-7-29-85(87)97(86-30-8-10-32-88(86)98)66-42-40-65(41-43-66)80-37-18-23-64-20-3-5-26-79(64)80/h1-62H. The number of furan rings is 2. The molecule has 2 aromatic heterocycles. The zero-order chi connectivity index (χ0) is 69.5. The molecule has 2 heterocycles. The monoisotopic (exact) mass is 1340 g/mol. The lowest BCUT2D eigenvalue weighted by atomic mass is 9.85. The van der Waals surface area contributed by atoms with Crippen LogP contribution in [0.5, 0.6) is 0 Å². The Morgan fingerprint density at radius 2 is 0.462 bits per heavy atom. The van der Waals surface area contributed by atoms with Gasteiger partial charge in [0.1, 0.15) is 22.3 Å². The van der Waals surface area contributed by atoms with Crippen LogP contribution in [0.2, 0.25) is 0 Å². The molecule has 0 saturated heterocycles. The molecule has 0 amide bonds. The fourth-order valence-corrected chi connectivity index (χ4v) is 17.7. The Hall–Kier alpha value is -13.9. The van der Waals surface area contributed by atoms with Crippen molar-refractivity contribution in [3.8, 4) is 100 Å². The Balaban J connectivity index is 0.624. The minimum Gasteiger partial charge on any atom is -0.455 e. The van der Waals surface area contributed by atoms with E-state index in [1.807, 2.05) is 0 Å². The summed E-state index contributed by atoms with van der Waals surface area (Å²) in [4.78, 5) is 0. The minimum absolute atomic E-state index is 0.848. The molecule has 106 heavy (non-hydrogen) atoms. The van der Waals surface area contributed by atoms with Gasteiger partial charge in [-0.25, -0.2) is 0 Å². The van der Waals surface area contributed by atoms with Crippen molar-refractivity contribution in [2.45, 2.75) is 0 Å². The van der Waals surface area contributed by atoms with Crippen LogP contribution in [0.15, 0.2) is 385 Å². The molecule has 20 aromatic carbocycles. The van der Waals surface area contributed by atoms with E-state index in [1.165, 1.54) is 131 Å². The molecule has 2 nitrogen and oxygen atoms in total. The van der Waals surface area contributed by atoms with E-state index in [0.717, 1.165) is 99.0 Å². The summed E-state index contributed by atoms with van der Waals surface area (Å²) in [5.74, 6) is 0. The second-order valence-corrected chi connectivity index (χ2v) is 28.4. The number of benzene rings is 20. The summed E-state index contributed by atoms with van der Waals surface area (Å²) < 4.78 is 14.2. The molecular formula is C104H62O2. The van der Waals surface area contributed by atoms with Crippen molar-refractivity contribution in [2.75, 3.05) is 0 Å². The van der Waals surface area contributed by atoms with Crippen LogP contribution in [0.3, 0.4) is 0 Å². The second kappa shape index (κ2) is 23.8. The van der Waals surface area contributed by atoms with Gasteiger partial charge < -0.3 is 8.83 Å². The first kappa shape index (κ1) is 59.7. The minimum atomic E-state index is 0.848. The maximum Gasteiger partial charge on any atom is 0.143 e. The predicted octanol–water partition coefficient (Wildman–Crippen LogP) is 29.7. The fraction of sp³-hybridized carbons (Fsp3) is 0. The molecule has 0 aliphatic carbocycles. The van der Waals surface area contributed by atoms with Crippen molar-refractivity contribution in [3.05, 3.63) is 376 Å². The van der Waals surface area contributed by atoms with Gasteiger partial charge >= 0.3 is 0 Å². The van der Waals surface area contributed by atoms with Crippen LogP contribution in [0.4, 0.5) is 0 Å². The van der Waals surface area contributed by atoms with Gasteiger partial charge in [0.2, 0.25) is 0 Å². The van der Waals surface area contributed by atoms with Crippen molar-refractivity contribution < 1.29 is 8.83 Å². The lowest BCUT2D eigenvalue weighted by molar-refractivity contribution is 0.670. The third-order valence-corrected chi connectivity index (χ3v) is 22.6. The summed E-state index contributed by atoms with van der Waals surface area (Å²) in [6.07, 6.45) is 0. The number of para-hydroxylation sites is 1. The van der Waals surface area contributed by atoms with Crippen molar-refractivity contribution in [2.24, 2.45) is 0 Å². The smallest absolute Gasteiger partial charge is 0.143 e. The van der Waals surface area contributed by atoms with Gasteiger partial charge in [0.15, 0.2) is 0 Å². The molecule has 0 saturated carbocycles. The largest absolute Gasteiger partial charge is 0.455 e. The highest BCUT2D eigenvalue weighted by molar-refractivity contribution is 6.25. The summed E-state index contributed by atoms with van der Waals surface area (Å²) in [5.41, 5.74) is 24.6. The number of hydrogen-bond acceptors (Lipinski definition) is 2. The van der Waals surface area contributed by atoms with Gasteiger partial charge in [-0.3, -0.25) is 0 Å². The summed E-state index contributed by atoms with van der Waals surface area (Å²) in [6, 6.07) is 139. The van der Waals surface area contributed by atoms with Crippen LogP contribution in [-0.4, -0.2) is 0 Å². The maximum atomic E-state index is 7.24. The first-order valence-corrected chi connectivity index (χ1v) is 36.6. The van der Waals surface area contributed by atoms with Gasteiger partial charge in [0.25, 0.3) is 0 Å². The molecule has 2 heteroatoms. The average Bonchev–Trinajstić information content (AvgIpc) is 1.46. The van der Waals surface area contributed by atoms with Crippen molar-refractivity contribution in [1.82, 2.24) is 0 Å². The normalized spacial score (nSPS) is 12.0. The highest BCUT2D eigenvalue weighted by atomic mass is 16.3. The van der Waals surface area contributed by atoms with E-state index >= 15 is 0 Å². The zero-order valence-corrected chi connectivity index (χ0v) is 57.6. The molecule has 22 aromatic rings. The van der Waals surface area contributed by atoms with Crippen LogP contribution in [-0.2, 0) is 0 Å². The molecular weight excluding hydrogens is 1280 g/mol. The van der Waals surface area contributed by atoms with Gasteiger partial charge in [-0.1, -0.05) is 328 Å². The van der Waals surface area contributed by atoms with Crippen molar-refractivity contribution in [1.29, 1.82) is 0 Å². The molecule has 0 bridgehead atoms. The molecule has 0 atom stereocenters. The van der Waals surface area contributed by atoms with Gasteiger partial charge in [-0.05, 0) is 224 Å². The SMILES string of the molecule is c1cc(-c2ccc3ccccc3c2)cc(-c2c3ccccc3c(-c3ccc(-c4c5ccc(-c6ccc7c(c6)oc6c(-c8ccc(-c9c%10ccccc%10c(-c%10ccc(-c%11cccc%12ccccc%11%12)cc%10)c%10ccccc9%10)cc8)c8ccccc8cc67)cc5cc5c4oc4ccccc45)cc3)c3ccccc23)c1. The van der Waals surface area contributed by atoms with E-state index in [4.69, 9.17) is 8.83 Å². The highest BCUT2D eigenvalue weighted by Crippen LogP contribution is 2.50. The van der Waals surface area contributed by atoms with Crippen LogP contribution in [0.1, 0.15) is 0 Å². The summed E-state index contributed by atoms with van der Waals surface area (Å²) >= 11 is 0. The van der Waals surface area contributed by atoms with E-state index in [9.17, 15) is 0 Å². The Kier molecular flexibility index (Phi) is 13.4. The highest BCUT2D eigenvalue weighted by Gasteiger charge is 2.24. The van der Waals surface area contributed by atoms with E-state index in [1.54, 1.807) is 0 Å². The molecule has 22 rings (SSSR count). The van der Waals surface area contributed by atoms with Crippen LogP contribution >= 0.6 is 0 Å². The predicted molar refractivity (Wildman–Crippen MR) is 450 cm³/mol. The summed E-state index contributed by atoms with van der Waals surface area (Å²) in [6.45, 7) is 0. The quantitative estimate of drug-likeness (QED) is 0.135. The first-order valence-electron chi connectivity index (χ1n) is 36.6. The van der Waals surface area contributed by atoms with Gasteiger partial charge in [-0.15, -0.1) is 0 Å². The lowest BCUT2D eigenvalue weighted by Crippen LogP contribution is -1.91. The van der Waals surface area contributed by atoms with E-state index in [-0.39, 0.29) is 0 Å². The maximum absolute atomic E-state index is 7.24. The van der Waals surface area contributed by atoms with E-state index in [2.05, 4.69) is 376 Å². The summed E-state index contributed by atoms with van der Waals surface area (Å²) in [7, 11) is 0. The number of hydrogen-bond donors (Lipinski definition) is 0. The fourth-order valence-electron chi connectivity index (χ4n) is 17.7. The van der Waals surface area contributed by atoms with E-state index < -0.39 is 0 Å². The molecule has 0 radical (unpaired) electrons. The Labute approximate surface area is 611 Å². The van der Waals surface area contributed by atoms with E-state index in [0.29, 0.717) is 0 Å². The molecule has 0 N–H and O–H groups in total. The molecule has 0 aliphatic rings. The van der Waals surface area contributed by atoms with Gasteiger partial charge in [0.05, 0.1) is 0 Å². The van der Waals surface area contributed by atoms with Crippen LogP contribution in [0, 0.1) is 0 Å². The van der Waals surface area contributed by atoms with Crippen LogP contribution in [0.25, 0.3) is 230 Å². The topological polar surface area (TPSA) is 26.3 Å². The van der Waals surface area contributed by atoms with Crippen molar-refractivity contribution in [3.63, 3.8) is 0 Å². The third kappa shape index (κ3) is 9.45. The second-order valence-electron chi connectivity index (χ2n) is 28.4. The molecule has 0 fully saturated rings. The van der Waals surface area contributed by atoms with Gasteiger partial charge in [-0.2, -0.15) is 0 Å². The summed E-state index contributed by atoms with van der Waals surface area (Å²) in [5, 5.41) is 23.7. The van der Waals surface area contributed by atoms with Crippen LogP contribution < -0.4 is 0 Å². The first-order chi connectivity index (χ1) is 52.5. The molecule has 0 unspecified atom stereocenters. The average molecular weight is 1340 g/mol. The zero-order valence-electron chi connectivity index (χ0n) is 57.6. The Morgan fingerprint density at radius 3 is 1.02 bits per heavy atom. The Morgan fingerprint density at radius 1 is 0.132 bits per heavy atom. The Bertz CT molecular complexity index is 7290.